The molecule has 0 bridgehead atoms. The van der Waals surface area contributed by atoms with Gasteiger partial charge in [-0.1, -0.05) is 0 Å². The molecule has 1 aromatic rings. The van der Waals surface area contributed by atoms with Crippen molar-refractivity contribution in [2.75, 3.05) is 5.32 Å². The molecule has 92 valence electrons. The van der Waals surface area contributed by atoms with E-state index in [2.05, 4.69) is 15.3 Å². The number of hydrogen-bond acceptors (Lipinski definition) is 6. The molecule has 8 nitrogen and oxygen atoms in total. The zero-order valence-corrected chi connectivity index (χ0v) is 9.72. The van der Waals surface area contributed by atoms with E-state index >= 15 is 0 Å². The van der Waals surface area contributed by atoms with Crippen molar-refractivity contribution in [3.05, 3.63) is 21.1 Å². The Balaban J connectivity index is 3.46. The summed E-state index contributed by atoms with van der Waals surface area (Å²) in [5.41, 5.74) is -1.44. The molecule has 0 aliphatic rings. The molecule has 0 aliphatic heterocycles. The number of aromatic nitrogens is 2. The Morgan fingerprint density at radius 3 is 2.53 bits per heavy atom. The van der Waals surface area contributed by atoms with E-state index in [1.807, 2.05) is 0 Å². The van der Waals surface area contributed by atoms with Crippen molar-refractivity contribution in [2.45, 2.75) is 19.9 Å². The van der Waals surface area contributed by atoms with Gasteiger partial charge in [0.2, 0.25) is 16.8 Å². The summed E-state index contributed by atoms with van der Waals surface area (Å²) < 4.78 is 0. The van der Waals surface area contributed by atoms with Crippen LogP contribution in [0.3, 0.4) is 0 Å². The number of halogens is 1. The van der Waals surface area contributed by atoms with E-state index in [1.165, 1.54) is 0 Å². The molecule has 0 fully saturated rings. The van der Waals surface area contributed by atoms with Crippen LogP contribution in [0.15, 0.2) is 0 Å². The molecule has 0 amide bonds. The Morgan fingerprint density at radius 2 is 2.12 bits per heavy atom. The molecular formula is C8H9ClN4O4. The average Bonchev–Trinajstić information content (AvgIpc) is 2.14. The van der Waals surface area contributed by atoms with Crippen molar-refractivity contribution in [1.82, 2.24) is 9.97 Å². The molecule has 0 spiro atoms. The number of aromatic carboxylic acids is 1. The van der Waals surface area contributed by atoms with Gasteiger partial charge in [-0.2, -0.15) is 4.98 Å². The molecule has 0 atom stereocenters. The van der Waals surface area contributed by atoms with Gasteiger partial charge in [0.25, 0.3) is 0 Å². The van der Waals surface area contributed by atoms with E-state index in [0.29, 0.717) is 0 Å². The summed E-state index contributed by atoms with van der Waals surface area (Å²) in [5, 5.41) is 21.9. The lowest BCUT2D eigenvalue weighted by atomic mass is 10.3. The molecular weight excluding hydrogens is 252 g/mol. The first kappa shape index (κ1) is 13.1. The second-order valence-electron chi connectivity index (χ2n) is 3.40. The van der Waals surface area contributed by atoms with Crippen molar-refractivity contribution in [3.63, 3.8) is 0 Å². The van der Waals surface area contributed by atoms with Gasteiger partial charge in [-0.15, -0.1) is 0 Å². The molecule has 0 unspecified atom stereocenters. The number of rotatable bonds is 4. The Bertz CT molecular complexity index is 477. The molecule has 0 radical (unpaired) electrons. The predicted octanol–water partition coefficient (Wildman–Crippen LogP) is 1.56. The Hall–Kier alpha value is -1.96. The fourth-order valence-electron chi connectivity index (χ4n) is 1.12. The zero-order valence-electron chi connectivity index (χ0n) is 8.97. The van der Waals surface area contributed by atoms with Gasteiger partial charge >= 0.3 is 11.7 Å². The van der Waals surface area contributed by atoms with E-state index in [9.17, 15) is 14.9 Å². The Kier molecular flexibility index (Phi) is 3.79. The first-order chi connectivity index (χ1) is 7.82. The first-order valence-electron chi connectivity index (χ1n) is 4.54. The lowest BCUT2D eigenvalue weighted by Crippen LogP contribution is -2.16. The summed E-state index contributed by atoms with van der Waals surface area (Å²) in [7, 11) is 0. The van der Waals surface area contributed by atoms with Crippen molar-refractivity contribution >= 4 is 29.1 Å². The standard InChI is InChI=1S/C8H9ClN4O4/c1-3(2)10-6-5(13(16)17)4(7(14)15)11-8(9)12-6/h3H,1-2H3,(H,14,15)(H,10,11,12). The predicted molar refractivity (Wildman–Crippen MR) is 59.4 cm³/mol. The van der Waals surface area contributed by atoms with Crippen LogP contribution < -0.4 is 5.32 Å². The van der Waals surface area contributed by atoms with Crippen molar-refractivity contribution < 1.29 is 14.8 Å². The molecule has 2 N–H and O–H groups in total. The lowest BCUT2D eigenvalue weighted by molar-refractivity contribution is -0.384. The zero-order chi connectivity index (χ0) is 13.2. The number of nitrogens with one attached hydrogen (secondary N) is 1. The van der Waals surface area contributed by atoms with E-state index in [-0.39, 0.29) is 17.1 Å². The van der Waals surface area contributed by atoms with Gasteiger partial charge in [-0.05, 0) is 25.4 Å². The van der Waals surface area contributed by atoms with Crippen LogP contribution in [-0.4, -0.2) is 32.0 Å². The number of anilines is 1. The SMILES string of the molecule is CC(C)Nc1nc(Cl)nc(C(=O)O)c1[N+](=O)[O-]. The minimum absolute atomic E-state index is 0.165. The molecule has 0 aliphatic carbocycles. The quantitative estimate of drug-likeness (QED) is 0.479. The van der Waals surface area contributed by atoms with Gasteiger partial charge < -0.3 is 10.4 Å². The summed E-state index contributed by atoms with van der Waals surface area (Å²) in [6.45, 7) is 3.44. The van der Waals surface area contributed by atoms with Crippen molar-refractivity contribution in [1.29, 1.82) is 0 Å². The van der Waals surface area contributed by atoms with Gasteiger partial charge in [0.1, 0.15) is 0 Å². The summed E-state index contributed by atoms with van der Waals surface area (Å²) in [6, 6.07) is -0.165. The summed E-state index contributed by atoms with van der Waals surface area (Å²) in [4.78, 5) is 27.7. The third-order valence-corrected chi connectivity index (χ3v) is 1.84. The van der Waals surface area contributed by atoms with E-state index in [0.717, 1.165) is 0 Å². The van der Waals surface area contributed by atoms with Crippen LogP contribution in [0.2, 0.25) is 5.28 Å². The van der Waals surface area contributed by atoms with E-state index in [4.69, 9.17) is 16.7 Å². The van der Waals surface area contributed by atoms with E-state index < -0.39 is 22.3 Å². The number of nitro groups is 1. The fraction of sp³-hybridized carbons (Fsp3) is 0.375. The minimum Gasteiger partial charge on any atom is -0.476 e. The minimum atomic E-state index is -1.53. The van der Waals surface area contributed by atoms with Gasteiger partial charge in [-0.25, -0.2) is 9.78 Å². The van der Waals surface area contributed by atoms with Gasteiger partial charge in [0.15, 0.2) is 0 Å². The highest BCUT2D eigenvalue weighted by molar-refractivity contribution is 6.28. The van der Waals surface area contributed by atoms with Gasteiger partial charge in [0.05, 0.1) is 4.92 Å². The highest BCUT2D eigenvalue weighted by Crippen LogP contribution is 2.27. The molecule has 1 aromatic heterocycles. The second-order valence-corrected chi connectivity index (χ2v) is 3.74. The van der Waals surface area contributed by atoms with Crippen LogP contribution in [0.25, 0.3) is 0 Å². The molecule has 17 heavy (non-hydrogen) atoms. The third-order valence-electron chi connectivity index (χ3n) is 1.67. The summed E-state index contributed by atoms with van der Waals surface area (Å²) in [6.07, 6.45) is 0. The molecule has 1 heterocycles. The van der Waals surface area contributed by atoms with E-state index in [1.54, 1.807) is 13.8 Å². The smallest absolute Gasteiger partial charge is 0.362 e. The normalized spacial score (nSPS) is 10.4. The molecule has 0 saturated carbocycles. The molecule has 9 heteroatoms. The van der Waals surface area contributed by atoms with Gasteiger partial charge in [-0.3, -0.25) is 10.1 Å². The third kappa shape index (κ3) is 3.00. The van der Waals surface area contributed by atoms with Crippen LogP contribution in [0.1, 0.15) is 24.3 Å². The maximum absolute atomic E-state index is 10.8. The van der Waals surface area contributed by atoms with Crippen molar-refractivity contribution in [3.8, 4) is 0 Å². The molecule has 1 rings (SSSR count). The van der Waals surface area contributed by atoms with Crippen LogP contribution in [0.4, 0.5) is 11.5 Å². The van der Waals surface area contributed by atoms with Crippen LogP contribution in [0, 0.1) is 10.1 Å². The first-order valence-corrected chi connectivity index (χ1v) is 4.92. The number of carboxylic acid groups (broad SMARTS) is 1. The molecule has 0 saturated heterocycles. The van der Waals surface area contributed by atoms with Crippen LogP contribution in [-0.2, 0) is 0 Å². The number of hydrogen-bond donors (Lipinski definition) is 2. The van der Waals surface area contributed by atoms with Crippen molar-refractivity contribution in [2.24, 2.45) is 0 Å². The fourth-order valence-corrected chi connectivity index (χ4v) is 1.29. The topological polar surface area (TPSA) is 118 Å². The Labute approximate surface area is 101 Å². The van der Waals surface area contributed by atoms with Crippen LogP contribution in [0.5, 0.6) is 0 Å². The summed E-state index contributed by atoms with van der Waals surface area (Å²) >= 11 is 5.51. The van der Waals surface area contributed by atoms with Gasteiger partial charge in [0, 0.05) is 6.04 Å². The maximum atomic E-state index is 10.8. The number of carboxylic acids is 1. The second kappa shape index (κ2) is 4.91. The monoisotopic (exact) mass is 260 g/mol. The highest BCUT2D eigenvalue weighted by atomic mass is 35.5. The highest BCUT2D eigenvalue weighted by Gasteiger charge is 2.29. The largest absolute Gasteiger partial charge is 0.476 e. The summed E-state index contributed by atoms with van der Waals surface area (Å²) in [5.74, 6) is -1.74. The number of carbonyl (C=O) groups is 1. The lowest BCUT2D eigenvalue weighted by Gasteiger charge is -2.10. The number of nitrogens with zero attached hydrogens (tertiary/aromatic N) is 3. The average molecular weight is 261 g/mol. The maximum Gasteiger partial charge on any atom is 0.362 e. The van der Waals surface area contributed by atoms with Crippen LogP contribution >= 0.6 is 11.6 Å². The molecule has 0 aromatic carbocycles. The Morgan fingerprint density at radius 1 is 1.53 bits per heavy atom.